The molecule has 1 aromatic carbocycles. The molecule has 0 atom stereocenters. The highest BCUT2D eigenvalue weighted by Crippen LogP contribution is 2.36. The van der Waals surface area contributed by atoms with Crippen molar-refractivity contribution in [1.29, 1.82) is 0 Å². The Morgan fingerprint density at radius 1 is 1.00 bits per heavy atom. The van der Waals surface area contributed by atoms with Crippen molar-refractivity contribution in [1.82, 2.24) is 10.9 Å². The fourth-order valence-electron chi connectivity index (χ4n) is 1.63. The number of benzene rings is 1. The highest BCUT2D eigenvalue weighted by Gasteiger charge is 2.40. The first-order valence-corrected chi connectivity index (χ1v) is 4.44. The van der Waals surface area contributed by atoms with Gasteiger partial charge in [0.2, 0.25) is 0 Å². The Labute approximate surface area is 91.5 Å². The van der Waals surface area contributed by atoms with E-state index in [1.54, 1.807) is 0 Å². The number of fused-ring (bicyclic) bond motifs is 1. The largest absolute Gasteiger partial charge is 0.496 e. The van der Waals surface area contributed by atoms with Crippen LogP contribution < -0.4 is 15.3 Å². The first kappa shape index (κ1) is 10.4. The van der Waals surface area contributed by atoms with Gasteiger partial charge in [0.15, 0.2) is 0 Å². The molecule has 0 aliphatic carbocycles. The van der Waals surface area contributed by atoms with Gasteiger partial charge in [0.25, 0.3) is 11.8 Å². The van der Waals surface area contributed by atoms with Crippen LogP contribution in [0.4, 0.5) is 0 Å². The zero-order valence-corrected chi connectivity index (χ0v) is 8.68. The molecule has 2 rings (SSSR count). The standard InChI is InChI=1S/C10H8N2O4/c1-15-5-3-4-6(16-2)8-7(5)9(13)12(11)10(8)14/h3-4H,1-2H3. The van der Waals surface area contributed by atoms with Gasteiger partial charge in [0, 0.05) is 5.84 Å². The summed E-state index contributed by atoms with van der Waals surface area (Å²) in [7, 11) is 2.75. The minimum Gasteiger partial charge on any atom is -0.496 e. The van der Waals surface area contributed by atoms with E-state index < -0.39 is 11.8 Å². The molecule has 0 aromatic heterocycles. The van der Waals surface area contributed by atoms with Gasteiger partial charge in [0.05, 0.1) is 14.2 Å². The Hall–Kier alpha value is -2.08. The number of hydrogen-bond acceptors (Lipinski definition) is 4. The van der Waals surface area contributed by atoms with Gasteiger partial charge in [-0.15, -0.1) is 0 Å². The van der Waals surface area contributed by atoms with Crippen molar-refractivity contribution in [3.63, 3.8) is 0 Å². The van der Waals surface area contributed by atoms with Crippen LogP contribution in [0.1, 0.15) is 20.7 Å². The highest BCUT2D eigenvalue weighted by molar-refractivity contribution is 6.23. The average molecular weight is 220 g/mol. The molecule has 1 heterocycles. The summed E-state index contributed by atoms with van der Waals surface area (Å²) in [5.74, 6) is 8.09. The molecule has 0 fully saturated rings. The molecule has 2 radical (unpaired) electrons. The fraction of sp³-hybridized carbons (Fsp3) is 0.200. The molecule has 6 nitrogen and oxygen atoms in total. The Morgan fingerprint density at radius 3 is 1.69 bits per heavy atom. The topological polar surface area (TPSA) is 78.1 Å². The van der Waals surface area contributed by atoms with Crippen molar-refractivity contribution in [2.24, 2.45) is 0 Å². The van der Waals surface area contributed by atoms with Crippen LogP contribution >= 0.6 is 0 Å². The minimum absolute atomic E-state index is 0.0225. The molecule has 0 N–H and O–H groups in total. The van der Waals surface area contributed by atoms with Crippen molar-refractivity contribution >= 4 is 11.8 Å². The van der Waals surface area contributed by atoms with Gasteiger partial charge in [-0.3, -0.25) is 9.59 Å². The summed E-state index contributed by atoms with van der Waals surface area (Å²) < 4.78 is 9.91. The van der Waals surface area contributed by atoms with Gasteiger partial charge in [-0.2, -0.15) is 5.01 Å². The van der Waals surface area contributed by atoms with Crippen LogP contribution in [0.3, 0.4) is 0 Å². The van der Waals surface area contributed by atoms with E-state index in [0.717, 1.165) is 0 Å². The second-order valence-electron chi connectivity index (χ2n) is 3.14. The van der Waals surface area contributed by atoms with E-state index in [-0.39, 0.29) is 27.6 Å². The summed E-state index contributed by atoms with van der Waals surface area (Å²) in [6.07, 6.45) is 0. The smallest absolute Gasteiger partial charge is 0.282 e. The molecule has 1 aliphatic rings. The second-order valence-corrected chi connectivity index (χ2v) is 3.14. The zero-order valence-electron chi connectivity index (χ0n) is 8.68. The minimum atomic E-state index is -0.809. The molecule has 16 heavy (non-hydrogen) atoms. The Bertz CT molecular complexity index is 441. The maximum Gasteiger partial charge on any atom is 0.282 e. The summed E-state index contributed by atoms with van der Waals surface area (Å²) in [6.45, 7) is 0. The summed E-state index contributed by atoms with van der Waals surface area (Å²) in [5.41, 5.74) is 0.0451. The molecule has 6 heteroatoms. The molecule has 0 saturated carbocycles. The van der Waals surface area contributed by atoms with E-state index in [2.05, 4.69) is 0 Å². The van der Waals surface area contributed by atoms with Crippen molar-refractivity contribution in [3.05, 3.63) is 23.3 Å². The average Bonchev–Trinajstić information content (AvgIpc) is 2.54. The first-order valence-electron chi connectivity index (χ1n) is 4.44. The van der Waals surface area contributed by atoms with E-state index in [1.165, 1.54) is 26.4 Å². The normalized spacial score (nSPS) is 14.1. The lowest BCUT2D eigenvalue weighted by Crippen LogP contribution is -2.27. The Balaban J connectivity index is 2.74. The number of rotatable bonds is 2. The fourth-order valence-corrected chi connectivity index (χ4v) is 1.63. The van der Waals surface area contributed by atoms with E-state index in [4.69, 9.17) is 9.47 Å². The summed E-state index contributed by atoms with van der Waals surface area (Å²) in [4.78, 5) is 23.1. The van der Waals surface area contributed by atoms with Crippen LogP contribution in [-0.4, -0.2) is 31.0 Å². The lowest BCUT2D eigenvalue weighted by Gasteiger charge is -2.07. The number of amides is 2. The lowest BCUT2D eigenvalue weighted by molar-refractivity contribution is 0.0637. The third-order valence-electron chi connectivity index (χ3n) is 2.38. The third-order valence-corrected chi connectivity index (χ3v) is 2.38. The van der Waals surface area contributed by atoms with Gasteiger partial charge in [-0.05, 0) is 12.1 Å². The number of hydrogen-bond donors (Lipinski definition) is 0. The van der Waals surface area contributed by atoms with Gasteiger partial charge in [-0.1, -0.05) is 0 Å². The predicted molar refractivity (Wildman–Crippen MR) is 52.2 cm³/mol. The van der Waals surface area contributed by atoms with Gasteiger partial charge in [0.1, 0.15) is 22.6 Å². The van der Waals surface area contributed by atoms with Crippen LogP contribution in [0.2, 0.25) is 0 Å². The van der Waals surface area contributed by atoms with E-state index in [9.17, 15) is 15.4 Å². The number of imide groups is 1. The second kappa shape index (κ2) is 3.49. The van der Waals surface area contributed by atoms with Crippen LogP contribution in [0.5, 0.6) is 11.5 Å². The predicted octanol–water partition coefficient (Wildman–Crippen LogP) is 0.283. The lowest BCUT2D eigenvalue weighted by atomic mass is 10.1. The molecule has 0 saturated heterocycles. The van der Waals surface area contributed by atoms with Crippen LogP contribution in [0.15, 0.2) is 12.1 Å². The number of nitrogens with zero attached hydrogens (tertiary/aromatic N) is 2. The molecule has 0 spiro atoms. The number of carbonyl (C=O) groups excluding carboxylic acids is 2. The van der Waals surface area contributed by atoms with Crippen molar-refractivity contribution in [2.75, 3.05) is 14.2 Å². The van der Waals surface area contributed by atoms with Crippen molar-refractivity contribution in [2.45, 2.75) is 0 Å². The highest BCUT2D eigenvalue weighted by atomic mass is 16.5. The van der Waals surface area contributed by atoms with Crippen LogP contribution in [-0.2, 0) is 0 Å². The maximum atomic E-state index is 11.6. The van der Waals surface area contributed by atoms with Gasteiger partial charge >= 0.3 is 0 Å². The van der Waals surface area contributed by atoms with Crippen molar-refractivity contribution < 1.29 is 19.1 Å². The summed E-state index contributed by atoms with van der Waals surface area (Å²) in [5, 5.41) is 0.0513. The van der Waals surface area contributed by atoms with Gasteiger partial charge in [-0.25, -0.2) is 0 Å². The molecular formula is C10H8N2O4. The molecule has 0 bridgehead atoms. The molecule has 2 amide bonds. The van der Waals surface area contributed by atoms with Gasteiger partial charge < -0.3 is 9.47 Å². The third kappa shape index (κ3) is 1.17. The Kier molecular flexibility index (Phi) is 2.28. The Morgan fingerprint density at radius 2 is 1.38 bits per heavy atom. The quantitative estimate of drug-likeness (QED) is 0.671. The van der Waals surface area contributed by atoms with E-state index >= 15 is 0 Å². The molecule has 0 unspecified atom stereocenters. The number of ether oxygens (including phenoxy) is 2. The monoisotopic (exact) mass is 220 g/mol. The number of carbonyl (C=O) groups is 2. The van der Waals surface area contributed by atoms with Crippen molar-refractivity contribution in [3.8, 4) is 11.5 Å². The summed E-state index contributed by atoms with van der Waals surface area (Å²) in [6, 6.07) is 3.00. The number of methoxy groups -OCH3 is 2. The zero-order chi connectivity index (χ0) is 11.9. The van der Waals surface area contributed by atoms with E-state index in [1.807, 2.05) is 0 Å². The molecule has 1 aromatic rings. The SMILES string of the molecule is COc1ccc(OC)c2c1C(=O)N([N])C2=O. The molecule has 1 aliphatic heterocycles. The molecular weight excluding hydrogens is 212 g/mol. The molecule has 82 valence electrons. The first-order chi connectivity index (χ1) is 7.61. The van der Waals surface area contributed by atoms with Crippen LogP contribution in [0, 0.1) is 0 Å². The van der Waals surface area contributed by atoms with E-state index in [0.29, 0.717) is 0 Å². The van der Waals surface area contributed by atoms with Crippen LogP contribution in [0.25, 0.3) is 0 Å². The maximum absolute atomic E-state index is 11.6. The summed E-state index contributed by atoms with van der Waals surface area (Å²) >= 11 is 0.